The van der Waals surface area contributed by atoms with Crippen LogP contribution in [0.25, 0.3) is 0 Å². The van der Waals surface area contributed by atoms with Gasteiger partial charge in [-0.1, -0.05) is 30.3 Å². The molecule has 5 rings (SSSR count). The van der Waals surface area contributed by atoms with Gasteiger partial charge in [0.2, 0.25) is 0 Å². The van der Waals surface area contributed by atoms with Crippen LogP contribution in [-0.2, 0) is 26.1 Å². The highest BCUT2D eigenvalue weighted by Crippen LogP contribution is 2.26. The molecule has 1 aliphatic rings. The summed E-state index contributed by atoms with van der Waals surface area (Å²) in [6.07, 6.45) is 3.84. The molecule has 1 aliphatic heterocycles. The number of fused-ring (bicyclic) bond motifs is 1. The van der Waals surface area contributed by atoms with Crippen molar-refractivity contribution in [1.29, 1.82) is 0 Å². The average Bonchev–Trinajstić information content (AvgIpc) is 3.58. The van der Waals surface area contributed by atoms with Gasteiger partial charge in [0.1, 0.15) is 5.01 Å². The molecule has 0 radical (unpaired) electrons. The number of rotatable bonds is 6. The van der Waals surface area contributed by atoms with E-state index in [4.69, 9.17) is 4.42 Å². The first-order valence-electron chi connectivity index (χ1n) is 10.7. The molecule has 0 bridgehead atoms. The number of hydrogen-bond acceptors (Lipinski definition) is 6. The van der Waals surface area contributed by atoms with Crippen LogP contribution < -0.4 is 5.32 Å². The van der Waals surface area contributed by atoms with E-state index in [0.29, 0.717) is 44.1 Å². The second-order valence-electron chi connectivity index (χ2n) is 7.94. The van der Waals surface area contributed by atoms with Crippen molar-refractivity contribution in [3.63, 3.8) is 0 Å². The van der Waals surface area contributed by atoms with Crippen LogP contribution in [0.2, 0.25) is 0 Å². The number of carbonyl (C=O) groups excluding carboxylic acids is 2. The van der Waals surface area contributed by atoms with Gasteiger partial charge in [-0.05, 0) is 18.6 Å². The van der Waals surface area contributed by atoms with Gasteiger partial charge in [-0.2, -0.15) is 5.10 Å². The van der Waals surface area contributed by atoms with E-state index < -0.39 is 0 Å². The lowest BCUT2D eigenvalue weighted by Gasteiger charge is -2.27. The van der Waals surface area contributed by atoms with Crippen LogP contribution >= 0.6 is 11.3 Å². The molecule has 0 unspecified atom stereocenters. The van der Waals surface area contributed by atoms with Gasteiger partial charge in [0.15, 0.2) is 11.5 Å². The zero-order valence-corrected chi connectivity index (χ0v) is 19.0. The standard InChI is InChI=1S/C24H23N5O3S/c1-16-8-11-32-22(16)24(31)28-10-7-19-18(15-28)21(23(30)26-13-20-25-9-12-33-20)27-29(19)14-17-5-3-2-4-6-17/h2-6,8-9,11-12H,7,10,13-15H2,1H3,(H,26,30). The predicted molar refractivity (Wildman–Crippen MR) is 123 cm³/mol. The maximum Gasteiger partial charge on any atom is 0.290 e. The summed E-state index contributed by atoms with van der Waals surface area (Å²) < 4.78 is 7.30. The van der Waals surface area contributed by atoms with E-state index >= 15 is 0 Å². The predicted octanol–water partition coefficient (Wildman–Crippen LogP) is 3.42. The van der Waals surface area contributed by atoms with Gasteiger partial charge >= 0.3 is 0 Å². The fourth-order valence-corrected chi connectivity index (χ4v) is 4.61. The van der Waals surface area contributed by atoms with Gasteiger partial charge in [0.25, 0.3) is 11.8 Å². The van der Waals surface area contributed by atoms with Gasteiger partial charge in [0, 0.05) is 41.4 Å². The SMILES string of the molecule is Cc1ccoc1C(=O)N1CCc2c(c(C(=O)NCc3nccs3)nn2Cc2ccccc2)C1. The number of benzene rings is 1. The normalized spacial score (nSPS) is 13.1. The number of aryl methyl sites for hydroxylation is 1. The molecule has 168 valence electrons. The summed E-state index contributed by atoms with van der Waals surface area (Å²) in [5.41, 5.74) is 4.02. The highest BCUT2D eigenvalue weighted by Gasteiger charge is 2.31. The molecule has 0 saturated carbocycles. The number of aromatic nitrogens is 3. The molecule has 0 fully saturated rings. The lowest BCUT2D eigenvalue weighted by Crippen LogP contribution is -2.37. The molecule has 4 aromatic rings. The maximum atomic E-state index is 13.1. The Balaban J connectivity index is 1.44. The Morgan fingerprint density at radius 1 is 1.21 bits per heavy atom. The van der Waals surface area contributed by atoms with Crippen LogP contribution in [0, 0.1) is 6.92 Å². The van der Waals surface area contributed by atoms with E-state index in [2.05, 4.69) is 15.4 Å². The van der Waals surface area contributed by atoms with Crippen molar-refractivity contribution in [2.45, 2.75) is 33.0 Å². The Morgan fingerprint density at radius 3 is 2.79 bits per heavy atom. The monoisotopic (exact) mass is 461 g/mol. The summed E-state index contributed by atoms with van der Waals surface area (Å²) in [7, 11) is 0. The third kappa shape index (κ3) is 4.31. The summed E-state index contributed by atoms with van der Waals surface area (Å²) in [6.45, 7) is 3.59. The fourth-order valence-electron chi connectivity index (χ4n) is 4.05. The lowest BCUT2D eigenvalue weighted by molar-refractivity contribution is 0.0697. The van der Waals surface area contributed by atoms with Crippen molar-refractivity contribution in [1.82, 2.24) is 25.0 Å². The van der Waals surface area contributed by atoms with Gasteiger partial charge in [0.05, 0.1) is 25.9 Å². The Labute approximate surface area is 194 Å². The molecule has 0 atom stereocenters. The third-order valence-electron chi connectivity index (χ3n) is 5.75. The summed E-state index contributed by atoms with van der Waals surface area (Å²) in [4.78, 5) is 32.1. The zero-order chi connectivity index (χ0) is 22.8. The molecule has 1 aromatic carbocycles. The molecule has 0 saturated heterocycles. The van der Waals surface area contributed by atoms with Crippen molar-refractivity contribution in [3.8, 4) is 0 Å². The van der Waals surface area contributed by atoms with Crippen LogP contribution in [0.5, 0.6) is 0 Å². The van der Waals surface area contributed by atoms with Crippen LogP contribution in [-0.4, -0.2) is 38.0 Å². The lowest BCUT2D eigenvalue weighted by atomic mass is 10.0. The quantitative estimate of drug-likeness (QED) is 0.475. The second kappa shape index (κ2) is 9.03. The highest BCUT2D eigenvalue weighted by atomic mass is 32.1. The summed E-state index contributed by atoms with van der Waals surface area (Å²) in [6, 6.07) is 11.8. The van der Waals surface area contributed by atoms with E-state index in [1.165, 1.54) is 17.6 Å². The van der Waals surface area contributed by atoms with Gasteiger partial charge in [-0.15, -0.1) is 11.3 Å². The minimum absolute atomic E-state index is 0.173. The Hall–Kier alpha value is -3.72. The van der Waals surface area contributed by atoms with Crippen molar-refractivity contribution in [2.24, 2.45) is 0 Å². The first kappa shape index (κ1) is 21.1. The van der Waals surface area contributed by atoms with Crippen molar-refractivity contribution >= 4 is 23.2 Å². The van der Waals surface area contributed by atoms with E-state index in [1.54, 1.807) is 17.2 Å². The van der Waals surface area contributed by atoms with Gasteiger partial charge in [-0.3, -0.25) is 14.3 Å². The second-order valence-corrected chi connectivity index (χ2v) is 8.91. The maximum absolute atomic E-state index is 13.1. The molecule has 1 N–H and O–H groups in total. The number of nitrogens with zero attached hydrogens (tertiary/aromatic N) is 4. The molecule has 4 heterocycles. The van der Waals surface area contributed by atoms with Crippen LogP contribution in [0.3, 0.4) is 0 Å². The number of nitrogens with one attached hydrogen (secondary N) is 1. The summed E-state index contributed by atoms with van der Waals surface area (Å²) in [5, 5.41) is 10.3. The number of hydrogen-bond donors (Lipinski definition) is 1. The Morgan fingerprint density at radius 2 is 2.06 bits per heavy atom. The first-order valence-corrected chi connectivity index (χ1v) is 11.6. The molecule has 3 aromatic heterocycles. The number of thiazole rings is 1. The molecule has 2 amide bonds. The van der Waals surface area contributed by atoms with E-state index in [0.717, 1.165) is 27.4 Å². The third-order valence-corrected chi connectivity index (χ3v) is 6.53. The van der Waals surface area contributed by atoms with Crippen LogP contribution in [0.15, 0.2) is 58.7 Å². The molecule has 33 heavy (non-hydrogen) atoms. The first-order chi connectivity index (χ1) is 16.1. The molecule has 0 aliphatic carbocycles. The number of furan rings is 1. The molecule has 8 nitrogen and oxygen atoms in total. The van der Waals surface area contributed by atoms with E-state index in [-0.39, 0.29) is 11.8 Å². The van der Waals surface area contributed by atoms with Gasteiger partial charge < -0.3 is 14.6 Å². The van der Waals surface area contributed by atoms with E-state index in [9.17, 15) is 9.59 Å². The average molecular weight is 462 g/mol. The summed E-state index contributed by atoms with van der Waals surface area (Å²) >= 11 is 1.49. The minimum Gasteiger partial charge on any atom is -0.459 e. The molecule has 9 heteroatoms. The molecular weight excluding hydrogens is 438 g/mol. The van der Waals surface area contributed by atoms with Gasteiger partial charge in [-0.25, -0.2) is 4.98 Å². The van der Waals surface area contributed by atoms with Crippen molar-refractivity contribution < 1.29 is 14.0 Å². The Kier molecular flexibility index (Phi) is 5.78. The molecular formula is C24H23N5O3S. The number of carbonyl (C=O) groups is 2. The zero-order valence-electron chi connectivity index (χ0n) is 18.2. The van der Waals surface area contributed by atoms with Crippen molar-refractivity contribution in [3.05, 3.63) is 93.1 Å². The largest absolute Gasteiger partial charge is 0.459 e. The van der Waals surface area contributed by atoms with E-state index in [1.807, 2.05) is 47.3 Å². The highest BCUT2D eigenvalue weighted by molar-refractivity contribution is 7.09. The molecule has 0 spiro atoms. The number of amides is 2. The minimum atomic E-state index is -0.267. The topological polar surface area (TPSA) is 93.3 Å². The fraction of sp³-hybridized carbons (Fsp3) is 0.250. The smallest absolute Gasteiger partial charge is 0.290 e. The van der Waals surface area contributed by atoms with Crippen LogP contribution in [0.4, 0.5) is 0 Å². The summed E-state index contributed by atoms with van der Waals surface area (Å²) in [5.74, 6) is -0.102. The van der Waals surface area contributed by atoms with Crippen molar-refractivity contribution in [2.75, 3.05) is 6.54 Å². The van der Waals surface area contributed by atoms with Crippen LogP contribution in [0.1, 0.15) is 48.4 Å². The Bertz CT molecular complexity index is 1280.